The first-order chi connectivity index (χ1) is 9.97. The Labute approximate surface area is 128 Å². The van der Waals surface area contributed by atoms with E-state index in [2.05, 4.69) is 10.3 Å². The van der Waals surface area contributed by atoms with Crippen LogP contribution in [0.2, 0.25) is 0 Å². The Morgan fingerprint density at radius 2 is 2.33 bits per heavy atom. The summed E-state index contributed by atoms with van der Waals surface area (Å²) < 4.78 is 0. The summed E-state index contributed by atoms with van der Waals surface area (Å²) in [4.78, 5) is 29.6. The number of nitrogens with zero attached hydrogens (tertiary/aromatic N) is 2. The SMILES string of the molecule is CCC1(C(=O)O)CCCN(C(=O)NCc2nc(C)cs2)C1. The number of carboxylic acids is 1. The molecule has 0 spiro atoms. The highest BCUT2D eigenvalue weighted by Crippen LogP contribution is 2.33. The number of urea groups is 1. The summed E-state index contributed by atoms with van der Waals surface area (Å²) in [5.41, 5.74) is 0.144. The van der Waals surface area contributed by atoms with Crippen LogP contribution in [-0.4, -0.2) is 40.1 Å². The van der Waals surface area contributed by atoms with Crippen LogP contribution in [0, 0.1) is 12.3 Å². The first kappa shape index (κ1) is 15.8. The van der Waals surface area contributed by atoms with Crippen molar-refractivity contribution in [2.75, 3.05) is 13.1 Å². The highest BCUT2D eigenvalue weighted by molar-refractivity contribution is 7.09. The number of thiazole rings is 1. The smallest absolute Gasteiger partial charge is 0.317 e. The number of likely N-dealkylation sites (tertiary alicyclic amines) is 1. The predicted molar refractivity (Wildman–Crippen MR) is 80.3 cm³/mol. The highest BCUT2D eigenvalue weighted by Gasteiger charge is 2.42. The molecule has 0 radical (unpaired) electrons. The van der Waals surface area contributed by atoms with Gasteiger partial charge in [-0.05, 0) is 26.2 Å². The summed E-state index contributed by atoms with van der Waals surface area (Å²) in [7, 11) is 0. The predicted octanol–water partition coefficient (Wildman–Crippen LogP) is 2.24. The van der Waals surface area contributed by atoms with Crippen molar-refractivity contribution in [3.63, 3.8) is 0 Å². The molecule has 1 aliphatic rings. The molecule has 1 unspecified atom stereocenters. The summed E-state index contributed by atoms with van der Waals surface area (Å²) in [5, 5.41) is 15.1. The van der Waals surface area contributed by atoms with Crippen molar-refractivity contribution in [1.29, 1.82) is 0 Å². The van der Waals surface area contributed by atoms with Gasteiger partial charge in [0.25, 0.3) is 0 Å². The summed E-state index contributed by atoms with van der Waals surface area (Å²) in [5.74, 6) is -0.807. The van der Waals surface area contributed by atoms with Crippen LogP contribution in [0.4, 0.5) is 4.79 Å². The fourth-order valence-corrected chi connectivity index (χ4v) is 3.38. The van der Waals surface area contributed by atoms with Crippen molar-refractivity contribution in [3.05, 3.63) is 16.1 Å². The zero-order chi connectivity index (χ0) is 15.5. The van der Waals surface area contributed by atoms with E-state index >= 15 is 0 Å². The number of rotatable bonds is 4. The van der Waals surface area contributed by atoms with E-state index in [1.165, 1.54) is 11.3 Å². The molecule has 1 aliphatic heterocycles. The Kier molecular flexibility index (Phi) is 4.82. The summed E-state index contributed by atoms with van der Waals surface area (Å²) in [6.07, 6.45) is 1.90. The van der Waals surface area contributed by atoms with Crippen LogP contribution in [0.3, 0.4) is 0 Å². The van der Waals surface area contributed by atoms with Gasteiger partial charge in [-0.3, -0.25) is 4.79 Å². The number of aryl methyl sites for hydroxylation is 1. The molecule has 0 aliphatic carbocycles. The van der Waals surface area contributed by atoms with Crippen LogP contribution in [0.5, 0.6) is 0 Å². The van der Waals surface area contributed by atoms with E-state index in [0.717, 1.165) is 17.1 Å². The number of aromatic nitrogens is 1. The number of hydrogen-bond acceptors (Lipinski definition) is 4. The molecule has 1 fully saturated rings. The van der Waals surface area contributed by atoms with Crippen molar-refractivity contribution in [3.8, 4) is 0 Å². The Bertz CT molecular complexity index is 531. The maximum atomic E-state index is 12.2. The Balaban J connectivity index is 1.94. The third-order valence-corrected chi connectivity index (χ3v) is 5.02. The van der Waals surface area contributed by atoms with Crippen LogP contribution >= 0.6 is 11.3 Å². The van der Waals surface area contributed by atoms with Gasteiger partial charge in [-0.15, -0.1) is 11.3 Å². The molecule has 21 heavy (non-hydrogen) atoms. The molecular weight excluding hydrogens is 290 g/mol. The molecule has 0 bridgehead atoms. The molecular formula is C14H21N3O3S. The van der Waals surface area contributed by atoms with Crippen LogP contribution < -0.4 is 5.32 Å². The van der Waals surface area contributed by atoms with Crippen LogP contribution in [0.1, 0.15) is 36.9 Å². The number of piperidine rings is 1. The number of amides is 2. The minimum absolute atomic E-state index is 0.207. The lowest BCUT2D eigenvalue weighted by molar-refractivity contribution is -0.152. The van der Waals surface area contributed by atoms with Gasteiger partial charge in [0, 0.05) is 24.2 Å². The molecule has 0 saturated carbocycles. The van der Waals surface area contributed by atoms with E-state index in [0.29, 0.717) is 25.9 Å². The summed E-state index contributed by atoms with van der Waals surface area (Å²) in [6.45, 7) is 5.06. The van der Waals surface area contributed by atoms with Gasteiger partial charge >= 0.3 is 12.0 Å². The average Bonchev–Trinajstić information content (AvgIpc) is 2.90. The molecule has 1 atom stereocenters. The van der Waals surface area contributed by atoms with Crippen LogP contribution in [0.25, 0.3) is 0 Å². The van der Waals surface area contributed by atoms with Crippen LogP contribution in [-0.2, 0) is 11.3 Å². The van der Waals surface area contributed by atoms with E-state index in [-0.39, 0.29) is 12.6 Å². The minimum atomic E-state index is -0.807. The Morgan fingerprint density at radius 3 is 2.90 bits per heavy atom. The molecule has 0 aromatic carbocycles. The van der Waals surface area contributed by atoms with Gasteiger partial charge in [-0.25, -0.2) is 9.78 Å². The quantitative estimate of drug-likeness (QED) is 0.893. The maximum absolute atomic E-state index is 12.2. The number of carboxylic acid groups (broad SMARTS) is 1. The number of aliphatic carboxylic acids is 1. The number of hydrogen-bond donors (Lipinski definition) is 2. The lowest BCUT2D eigenvalue weighted by Crippen LogP contribution is -2.52. The van der Waals surface area contributed by atoms with E-state index < -0.39 is 11.4 Å². The van der Waals surface area contributed by atoms with Crippen molar-refractivity contribution in [2.24, 2.45) is 5.41 Å². The first-order valence-electron chi connectivity index (χ1n) is 7.14. The molecule has 1 aromatic heterocycles. The molecule has 2 heterocycles. The highest BCUT2D eigenvalue weighted by atomic mass is 32.1. The van der Waals surface area contributed by atoms with E-state index in [1.807, 2.05) is 19.2 Å². The van der Waals surface area contributed by atoms with Crippen molar-refractivity contribution < 1.29 is 14.7 Å². The van der Waals surface area contributed by atoms with Gasteiger partial charge in [0.1, 0.15) is 5.01 Å². The zero-order valence-electron chi connectivity index (χ0n) is 12.4. The first-order valence-corrected chi connectivity index (χ1v) is 8.02. The zero-order valence-corrected chi connectivity index (χ0v) is 13.2. The Morgan fingerprint density at radius 1 is 1.57 bits per heavy atom. The van der Waals surface area contributed by atoms with Gasteiger partial charge in [0.05, 0.1) is 12.0 Å². The molecule has 2 rings (SSSR count). The Hall–Kier alpha value is -1.63. The number of carbonyl (C=O) groups excluding carboxylic acids is 1. The van der Waals surface area contributed by atoms with E-state index in [9.17, 15) is 14.7 Å². The molecule has 6 nitrogen and oxygen atoms in total. The van der Waals surface area contributed by atoms with Gasteiger partial charge in [0.15, 0.2) is 0 Å². The molecule has 2 N–H and O–H groups in total. The topological polar surface area (TPSA) is 82.5 Å². The second kappa shape index (κ2) is 6.43. The maximum Gasteiger partial charge on any atom is 0.317 e. The molecule has 1 aromatic rings. The van der Waals surface area contributed by atoms with Crippen molar-refractivity contribution >= 4 is 23.3 Å². The summed E-state index contributed by atoms with van der Waals surface area (Å²) >= 11 is 1.51. The molecule has 7 heteroatoms. The van der Waals surface area contributed by atoms with Gasteiger partial charge in [0.2, 0.25) is 0 Å². The second-order valence-electron chi connectivity index (χ2n) is 5.51. The fraction of sp³-hybridized carbons (Fsp3) is 0.643. The lowest BCUT2D eigenvalue weighted by atomic mass is 9.78. The second-order valence-corrected chi connectivity index (χ2v) is 6.45. The number of nitrogens with one attached hydrogen (secondary N) is 1. The summed E-state index contributed by atoms with van der Waals surface area (Å²) in [6, 6.07) is -0.207. The lowest BCUT2D eigenvalue weighted by Gasteiger charge is -2.39. The van der Waals surface area contributed by atoms with E-state index in [4.69, 9.17) is 0 Å². The fourth-order valence-electron chi connectivity index (χ4n) is 2.67. The van der Waals surface area contributed by atoms with Gasteiger partial charge in [-0.2, -0.15) is 0 Å². The minimum Gasteiger partial charge on any atom is -0.481 e. The van der Waals surface area contributed by atoms with Crippen molar-refractivity contribution in [2.45, 2.75) is 39.7 Å². The third-order valence-electron chi connectivity index (χ3n) is 4.05. The molecule has 116 valence electrons. The van der Waals surface area contributed by atoms with Gasteiger partial charge in [-0.1, -0.05) is 6.92 Å². The standard InChI is InChI=1S/C14H21N3O3S/c1-3-14(12(18)19)5-4-6-17(9-14)13(20)15-7-11-16-10(2)8-21-11/h8H,3-7,9H2,1-2H3,(H,15,20)(H,18,19). The monoisotopic (exact) mass is 311 g/mol. The van der Waals surface area contributed by atoms with Crippen molar-refractivity contribution in [1.82, 2.24) is 15.2 Å². The van der Waals surface area contributed by atoms with Crippen LogP contribution in [0.15, 0.2) is 5.38 Å². The largest absolute Gasteiger partial charge is 0.481 e. The van der Waals surface area contributed by atoms with E-state index in [1.54, 1.807) is 4.90 Å². The molecule has 2 amide bonds. The van der Waals surface area contributed by atoms with Gasteiger partial charge < -0.3 is 15.3 Å². The normalized spacial score (nSPS) is 22.1. The average molecular weight is 311 g/mol. The third kappa shape index (κ3) is 3.53. The number of carbonyl (C=O) groups is 2. The molecule has 1 saturated heterocycles.